The summed E-state index contributed by atoms with van der Waals surface area (Å²) in [5, 5.41) is 38.4. The molecule has 1 aliphatic heterocycles. The van der Waals surface area contributed by atoms with Crippen molar-refractivity contribution in [2.45, 2.75) is 35.0 Å². The van der Waals surface area contributed by atoms with Crippen LogP contribution in [-0.4, -0.2) is 66.9 Å². The maximum atomic E-state index is 9.74. The number of imidazole rings is 1. The zero-order chi connectivity index (χ0) is 12.4. The molecule has 5 atom stereocenters. The van der Waals surface area contributed by atoms with Gasteiger partial charge in [-0.2, -0.15) is 0 Å². The first-order valence-corrected chi connectivity index (χ1v) is 5.98. The summed E-state index contributed by atoms with van der Waals surface area (Å²) >= 11 is 1.08. The van der Waals surface area contributed by atoms with Gasteiger partial charge in [0.1, 0.15) is 29.9 Å². The van der Waals surface area contributed by atoms with E-state index in [0.717, 1.165) is 11.8 Å². The van der Waals surface area contributed by atoms with Crippen LogP contribution in [0.4, 0.5) is 0 Å². The van der Waals surface area contributed by atoms with Crippen LogP contribution in [0.1, 0.15) is 0 Å². The number of hydrogen-bond donors (Lipinski definition) is 5. The van der Waals surface area contributed by atoms with Crippen LogP contribution in [0.5, 0.6) is 0 Å². The number of aromatic nitrogens is 2. The lowest BCUT2D eigenvalue weighted by Crippen LogP contribution is -2.57. The molecule has 17 heavy (non-hydrogen) atoms. The van der Waals surface area contributed by atoms with Gasteiger partial charge in [0.25, 0.3) is 0 Å². The van der Waals surface area contributed by atoms with Crippen molar-refractivity contribution in [3.05, 3.63) is 12.4 Å². The largest absolute Gasteiger partial charge is 0.394 e. The number of aliphatic hydroxyl groups excluding tert-OH is 4. The van der Waals surface area contributed by atoms with Crippen LogP contribution in [0.3, 0.4) is 0 Å². The first kappa shape index (κ1) is 12.8. The van der Waals surface area contributed by atoms with E-state index >= 15 is 0 Å². The van der Waals surface area contributed by atoms with Gasteiger partial charge >= 0.3 is 0 Å². The predicted octanol–water partition coefficient (Wildman–Crippen LogP) is -1.70. The van der Waals surface area contributed by atoms with Crippen molar-refractivity contribution in [3.8, 4) is 0 Å². The minimum absolute atomic E-state index is 0.430. The molecule has 1 fully saturated rings. The van der Waals surface area contributed by atoms with Crippen LogP contribution in [0.15, 0.2) is 17.6 Å². The second-order valence-corrected chi connectivity index (χ2v) is 4.80. The van der Waals surface area contributed by atoms with Crippen molar-refractivity contribution >= 4 is 11.8 Å². The first-order valence-electron chi connectivity index (χ1n) is 5.10. The highest BCUT2D eigenvalue weighted by Gasteiger charge is 2.44. The molecule has 7 nitrogen and oxygen atoms in total. The fourth-order valence-corrected chi connectivity index (χ4v) is 2.57. The number of thioether (sulfide) groups is 1. The SMILES string of the molecule is OC[C@@H]1O[C@H](Sc2ncc[nH]2)[C@@H](O)[C@H](O)[C@@H]1O. The summed E-state index contributed by atoms with van der Waals surface area (Å²) in [5.41, 5.74) is -0.795. The minimum atomic E-state index is -1.35. The van der Waals surface area contributed by atoms with Gasteiger partial charge in [0, 0.05) is 12.4 Å². The number of ether oxygens (including phenoxy) is 1. The van der Waals surface area contributed by atoms with Gasteiger partial charge in [-0.3, -0.25) is 0 Å². The number of nitrogens with zero attached hydrogens (tertiary/aromatic N) is 1. The topological polar surface area (TPSA) is 119 Å². The standard InChI is InChI=1S/C9H14N2O5S/c12-3-4-5(13)6(14)7(15)8(16-4)17-9-10-1-2-11-9/h1-2,4-8,12-15H,3H2,(H,10,11)/t4-,5+,6+,7-,8+/m0/s1. The lowest BCUT2D eigenvalue weighted by molar-refractivity contribution is -0.205. The van der Waals surface area contributed by atoms with Crippen molar-refractivity contribution in [2.75, 3.05) is 6.61 Å². The van der Waals surface area contributed by atoms with Crippen molar-refractivity contribution in [1.29, 1.82) is 0 Å². The zero-order valence-corrected chi connectivity index (χ0v) is 9.62. The highest BCUT2D eigenvalue weighted by atomic mass is 32.2. The van der Waals surface area contributed by atoms with Crippen LogP contribution < -0.4 is 0 Å². The van der Waals surface area contributed by atoms with Gasteiger partial charge in [-0.1, -0.05) is 11.8 Å². The third-order valence-electron chi connectivity index (χ3n) is 2.55. The Morgan fingerprint density at radius 1 is 1.29 bits per heavy atom. The van der Waals surface area contributed by atoms with E-state index in [4.69, 9.17) is 9.84 Å². The number of aromatic amines is 1. The third kappa shape index (κ3) is 2.62. The van der Waals surface area contributed by atoms with Gasteiger partial charge in [-0.15, -0.1) is 0 Å². The van der Waals surface area contributed by atoms with E-state index in [-0.39, 0.29) is 0 Å². The Kier molecular flexibility index (Phi) is 4.02. The Bertz CT molecular complexity index is 347. The maximum Gasteiger partial charge on any atom is 0.167 e. The summed E-state index contributed by atoms with van der Waals surface area (Å²) in [4.78, 5) is 6.77. The summed E-state index contributed by atoms with van der Waals surface area (Å²) in [5.74, 6) is 0. The number of aliphatic hydroxyl groups is 4. The fraction of sp³-hybridized carbons (Fsp3) is 0.667. The second-order valence-electron chi connectivity index (χ2n) is 3.71. The number of nitrogens with one attached hydrogen (secondary N) is 1. The lowest BCUT2D eigenvalue weighted by Gasteiger charge is -2.39. The molecule has 96 valence electrons. The summed E-state index contributed by atoms with van der Waals surface area (Å²) in [6.07, 6.45) is -1.65. The normalized spacial score (nSPS) is 38.2. The summed E-state index contributed by atoms with van der Waals surface area (Å²) < 4.78 is 5.30. The Morgan fingerprint density at radius 2 is 2.06 bits per heavy atom. The molecule has 2 heterocycles. The average Bonchev–Trinajstić information content (AvgIpc) is 2.83. The minimum Gasteiger partial charge on any atom is -0.394 e. The molecular formula is C9H14N2O5S. The molecular weight excluding hydrogens is 248 g/mol. The quantitative estimate of drug-likeness (QED) is 0.440. The van der Waals surface area contributed by atoms with Crippen molar-refractivity contribution in [1.82, 2.24) is 9.97 Å². The smallest absolute Gasteiger partial charge is 0.167 e. The molecule has 0 aliphatic carbocycles. The van der Waals surface area contributed by atoms with Gasteiger partial charge in [0.15, 0.2) is 5.16 Å². The van der Waals surface area contributed by atoms with E-state index < -0.39 is 36.5 Å². The Hall–Kier alpha value is -0.640. The van der Waals surface area contributed by atoms with Crippen LogP contribution in [0.25, 0.3) is 0 Å². The monoisotopic (exact) mass is 262 g/mol. The molecule has 0 radical (unpaired) electrons. The molecule has 1 aliphatic rings. The highest BCUT2D eigenvalue weighted by molar-refractivity contribution is 7.99. The molecule has 5 N–H and O–H groups in total. The molecule has 0 aromatic carbocycles. The molecule has 0 saturated carbocycles. The van der Waals surface area contributed by atoms with E-state index in [0.29, 0.717) is 5.16 Å². The van der Waals surface area contributed by atoms with Gasteiger partial charge in [0.05, 0.1) is 6.61 Å². The van der Waals surface area contributed by atoms with Crippen LogP contribution >= 0.6 is 11.8 Å². The van der Waals surface area contributed by atoms with E-state index in [2.05, 4.69) is 9.97 Å². The molecule has 0 unspecified atom stereocenters. The molecule has 0 bridgehead atoms. The van der Waals surface area contributed by atoms with Crippen LogP contribution in [-0.2, 0) is 4.74 Å². The lowest BCUT2D eigenvalue weighted by atomic mass is 10.0. The van der Waals surface area contributed by atoms with E-state index in [1.807, 2.05) is 0 Å². The first-order chi connectivity index (χ1) is 8.13. The molecule has 1 saturated heterocycles. The third-order valence-corrected chi connectivity index (χ3v) is 3.62. The van der Waals surface area contributed by atoms with E-state index in [1.54, 1.807) is 12.4 Å². The second kappa shape index (κ2) is 5.34. The average molecular weight is 262 g/mol. The number of H-pyrrole nitrogens is 1. The Balaban J connectivity index is 2.06. The molecule has 1 aromatic heterocycles. The summed E-state index contributed by atoms with van der Waals surface area (Å²) in [6, 6.07) is 0. The molecule has 1 aromatic rings. The zero-order valence-electron chi connectivity index (χ0n) is 8.80. The number of rotatable bonds is 3. The summed E-state index contributed by atoms with van der Waals surface area (Å²) in [7, 11) is 0. The summed E-state index contributed by atoms with van der Waals surface area (Å²) in [6.45, 7) is -0.430. The van der Waals surface area contributed by atoms with Crippen molar-refractivity contribution < 1.29 is 25.2 Å². The molecule has 8 heteroatoms. The highest BCUT2D eigenvalue weighted by Crippen LogP contribution is 2.31. The molecule has 0 amide bonds. The van der Waals surface area contributed by atoms with Gasteiger partial charge in [-0.05, 0) is 0 Å². The molecule has 2 rings (SSSR count). The number of hydrogen-bond acceptors (Lipinski definition) is 7. The van der Waals surface area contributed by atoms with Gasteiger partial charge in [-0.25, -0.2) is 4.98 Å². The predicted molar refractivity (Wildman–Crippen MR) is 58.2 cm³/mol. The molecule has 0 spiro atoms. The fourth-order valence-electron chi connectivity index (χ4n) is 1.59. The van der Waals surface area contributed by atoms with Gasteiger partial charge in [0.2, 0.25) is 0 Å². The van der Waals surface area contributed by atoms with E-state index in [9.17, 15) is 15.3 Å². The van der Waals surface area contributed by atoms with Crippen LogP contribution in [0, 0.1) is 0 Å². The van der Waals surface area contributed by atoms with Crippen LogP contribution in [0.2, 0.25) is 0 Å². The van der Waals surface area contributed by atoms with Gasteiger partial charge < -0.3 is 30.1 Å². The Labute approximate surface area is 101 Å². The van der Waals surface area contributed by atoms with E-state index in [1.165, 1.54) is 0 Å². The van der Waals surface area contributed by atoms with Crippen molar-refractivity contribution in [3.63, 3.8) is 0 Å². The Morgan fingerprint density at radius 3 is 2.65 bits per heavy atom. The maximum absolute atomic E-state index is 9.74. The van der Waals surface area contributed by atoms with Crippen molar-refractivity contribution in [2.24, 2.45) is 0 Å².